The van der Waals surface area contributed by atoms with Crippen LogP contribution < -0.4 is 10.6 Å². The van der Waals surface area contributed by atoms with E-state index in [-0.39, 0.29) is 28.4 Å². The van der Waals surface area contributed by atoms with Gasteiger partial charge in [0.15, 0.2) is 8.32 Å². The summed E-state index contributed by atoms with van der Waals surface area (Å²) >= 11 is 0. The molecule has 5 nitrogen and oxygen atoms in total. The average molecular weight is 539 g/mol. The minimum absolute atomic E-state index is 0.00198. The van der Waals surface area contributed by atoms with Gasteiger partial charge in [-0.15, -0.1) is 0 Å². The Bertz CT molecular complexity index is 1290. The monoisotopic (exact) mass is 538 g/mol. The molecule has 0 aliphatic carbocycles. The van der Waals surface area contributed by atoms with Gasteiger partial charge in [-0.25, -0.2) is 8.78 Å². The Morgan fingerprint density at radius 2 is 1.58 bits per heavy atom. The van der Waals surface area contributed by atoms with Gasteiger partial charge < -0.3 is 20.5 Å². The Hall–Kier alpha value is -3.23. The average Bonchev–Trinajstić information content (AvgIpc) is 2.83. The Morgan fingerprint density at radius 3 is 2.13 bits per heavy atom. The number of anilines is 2. The fourth-order valence-corrected chi connectivity index (χ4v) is 6.00. The van der Waals surface area contributed by atoms with Crippen LogP contribution in [0.1, 0.15) is 56.2 Å². The van der Waals surface area contributed by atoms with Gasteiger partial charge in [0.2, 0.25) is 5.91 Å². The largest absolute Gasteiger partial charge is 0.508 e. The molecule has 1 heterocycles. The molecule has 3 aromatic carbocycles. The van der Waals surface area contributed by atoms with Crippen LogP contribution in [0.15, 0.2) is 66.7 Å². The fraction of sp³-hybridized carbons (Fsp3) is 0.367. The summed E-state index contributed by atoms with van der Waals surface area (Å²) in [6.45, 7) is 7.97. The standard InChI is InChI=1S/C30H36F2N2O3Si/c1-30(2,38(3,4)37)18-20(19-5-8-21(31)9-6-19)7-15-26-28(25-16-12-23(33)17-27(25)35)34(29(26)36)24-13-10-22(32)11-14-24/h5-6,8-14,16-17,20,26,28,35,37H,7,15,18,33H2,1-4H3/t20-,26-,28-/m1/s1. The number of amides is 1. The van der Waals surface area contributed by atoms with Gasteiger partial charge in [0.25, 0.3) is 0 Å². The van der Waals surface area contributed by atoms with E-state index in [1.165, 1.54) is 30.3 Å². The molecular formula is C30H36F2N2O3Si. The Morgan fingerprint density at radius 1 is 1.00 bits per heavy atom. The molecule has 3 aromatic rings. The molecule has 0 radical (unpaired) electrons. The molecule has 0 saturated carbocycles. The highest BCUT2D eigenvalue weighted by Crippen LogP contribution is 2.51. The lowest BCUT2D eigenvalue weighted by atomic mass is 9.75. The molecule has 0 bridgehead atoms. The molecule has 1 amide bonds. The number of nitrogens with zero attached hydrogens (tertiary/aromatic N) is 1. The number of nitrogen functional groups attached to an aromatic ring is 1. The zero-order valence-electron chi connectivity index (χ0n) is 22.3. The first-order valence-corrected chi connectivity index (χ1v) is 15.9. The molecular weight excluding hydrogens is 502 g/mol. The summed E-state index contributed by atoms with van der Waals surface area (Å²) in [6.07, 6.45) is 1.85. The highest BCUT2D eigenvalue weighted by atomic mass is 28.4. The number of phenolic OH excluding ortho intramolecular Hbond substituents is 1. The lowest BCUT2D eigenvalue weighted by molar-refractivity contribution is -0.130. The summed E-state index contributed by atoms with van der Waals surface area (Å²) in [5.41, 5.74) is 8.36. The van der Waals surface area contributed by atoms with Crippen LogP contribution >= 0.6 is 0 Å². The van der Waals surface area contributed by atoms with E-state index in [2.05, 4.69) is 13.8 Å². The lowest BCUT2D eigenvalue weighted by Crippen LogP contribution is -2.55. The third kappa shape index (κ3) is 5.61. The highest BCUT2D eigenvalue weighted by Gasteiger charge is 2.50. The number of phenols is 1. The van der Waals surface area contributed by atoms with E-state index in [0.717, 1.165) is 5.56 Å². The van der Waals surface area contributed by atoms with E-state index in [9.17, 15) is 23.5 Å². The van der Waals surface area contributed by atoms with Crippen LogP contribution in [-0.4, -0.2) is 24.1 Å². The van der Waals surface area contributed by atoms with Gasteiger partial charge >= 0.3 is 0 Å². The normalized spacial score (nSPS) is 18.8. The predicted molar refractivity (Wildman–Crippen MR) is 149 cm³/mol. The van der Waals surface area contributed by atoms with Gasteiger partial charge in [-0.2, -0.15) is 0 Å². The fourth-order valence-electron chi connectivity index (χ4n) is 5.25. The summed E-state index contributed by atoms with van der Waals surface area (Å²) in [5, 5.41) is 10.4. The molecule has 1 fully saturated rings. The first-order valence-electron chi connectivity index (χ1n) is 12.9. The van der Waals surface area contributed by atoms with Crippen molar-refractivity contribution < 1.29 is 23.5 Å². The number of hydrogen-bond acceptors (Lipinski definition) is 4. The van der Waals surface area contributed by atoms with Gasteiger partial charge in [0.1, 0.15) is 17.4 Å². The number of halogens is 2. The van der Waals surface area contributed by atoms with Crippen molar-refractivity contribution in [3.8, 4) is 5.75 Å². The van der Waals surface area contributed by atoms with E-state index in [4.69, 9.17) is 5.73 Å². The lowest BCUT2D eigenvalue weighted by Gasteiger charge is -2.48. The maximum atomic E-state index is 13.7. The van der Waals surface area contributed by atoms with Crippen LogP contribution in [0.2, 0.25) is 18.1 Å². The van der Waals surface area contributed by atoms with Crippen molar-refractivity contribution in [3.63, 3.8) is 0 Å². The van der Waals surface area contributed by atoms with E-state index in [0.29, 0.717) is 36.2 Å². The van der Waals surface area contributed by atoms with Crippen molar-refractivity contribution in [2.45, 2.75) is 63.2 Å². The molecule has 38 heavy (non-hydrogen) atoms. The molecule has 0 spiro atoms. The van der Waals surface area contributed by atoms with Crippen LogP contribution in [0.5, 0.6) is 5.75 Å². The van der Waals surface area contributed by atoms with Crippen LogP contribution in [0.3, 0.4) is 0 Å². The molecule has 3 atom stereocenters. The van der Waals surface area contributed by atoms with Crippen molar-refractivity contribution in [1.82, 2.24) is 0 Å². The van der Waals surface area contributed by atoms with Crippen LogP contribution in [0.25, 0.3) is 0 Å². The third-order valence-corrected chi connectivity index (χ3v) is 11.8. The summed E-state index contributed by atoms with van der Waals surface area (Å²) in [7, 11) is -2.52. The van der Waals surface area contributed by atoms with Crippen molar-refractivity contribution in [2.24, 2.45) is 5.92 Å². The molecule has 4 rings (SSSR count). The maximum Gasteiger partial charge on any atom is 0.233 e. The highest BCUT2D eigenvalue weighted by molar-refractivity contribution is 6.72. The molecule has 0 aromatic heterocycles. The molecule has 0 unspecified atom stereocenters. The van der Waals surface area contributed by atoms with Crippen LogP contribution in [0.4, 0.5) is 20.2 Å². The second-order valence-electron chi connectivity index (χ2n) is 11.5. The summed E-state index contributed by atoms with van der Waals surface area (Å²) in [6, 6.07) is 16.6. The van der Waals surface area contributed by atoms with Crippen LogP contribution in [0, 0.1) is 17.6 Å². The van der Waals surface area contributed by atoms with Gasteiger partial charge in [-0.05, 0) is 91.3 Å². The number of aromatic hydroxyl groups is 1. The molecule has 4 N–H and O–H groups in total. The zero-order chi connectivity index (χ0) is 27.8. The number of β-lactam (4-membered cyclic amide) rings is 1. The van der Waals surface area contributed by atoms with E-state index in [1.54, 1.807) is 41.3 Å². The van der Waals surface area contributed by atoms with E-state index >= 15 is 0 Å². The molecule has 8 heteroatoms. The third-order valence-electron chi connectivity index (χ3n) is 8.27. The van der Waals surface area contributed by atoms with Crippen molar-refractivity contribution in [3.05, 3.63) is 89.5 Å². The van der Waals surface area contributed by atoms with Crippen molar-refractivity contribution >= 4 is 25.6 Å². The van der Waals surface area contributed by atoms with Crippen molar-refractivity contribution in [1.29, 1.82) is 0 Å². The first-order chi connectivity index (χ1) is 17.8. The Kier molecular flexibility index (Phi) is 7.68. The molecule has 1 aliphatic rings. The van der Waals surface area contributed by atoms with Gasteiger partial charge in [0, 0.05) is 23.0 Å². The smallest absolute Gasteiger partial charge is 0.233 e. The first kappa shape index (κ1) is 27.8. The number of rotatable bonds is 9. The Balaban J connectivity index is 1.64. The molecule has 202 valence electrons. The number of carbonyl (C=O) groups is 1. The number of carbonyl (C=O) groups excluding carboxylic acids is 1. The van der Waals surface area contributed by atoms with Gasteiger partial charge in [-0.1, -0.05) is 32.0 Å². The van der Waals surface area contributed by atoms with Gasteiger partial charge in [-0.3, -0.25) is 4.79 Å². The zero-order valence-corrected chi connectivity index (χ0v) is 23.3. The van der Waals surface area contributed by atoms with Crippen LogP contribution in [-0.2, 0) is 4.79 Å². The summed E-state index contributed by atoms with van der Waals surface area (Å²) < 4.78 is 27.3. The number of hydrogen-bond donors (Lipinski definition) is 3. The predicted octanol–water partition coefficient (Wildman–Crippen LogP) is 6.89. The van der Waals surface area contributed by atoms with E-state index in [1.807, 2.05) is 13.1 Å². The number of nitrogens with two attached hydrogens (primary N) is 1. The van der Waals surface area contributed by atoms with Gasteiger partial charge in [0.05, 0.1) is 12.0 Å². The number of benzene rings is 3. The SMILES string of the molecule is CC(C)(C[C@@H](CC[C@H]1C(=O)N(c2ccc(F)cc2)[C@@H]1c1ccc(N)cc1O)c1ccc(F)cc1)[Si](C)(C)O. The maximum absolute atomic E-state index is 13.7. The Labute approximate surface area is 224 Å². The quantitative estimate of drug-likeness (QED) is 0.157. The molecule has 1 saturated heterocycles. The minimum Gasteiger partial charge on any atom is -0.508 e. The molecule has 1 aliphatic heterocycles. The topological polar surface area (TPSA) is 86.8 Å². The summed E-state index contributed by atoms with van der Waals surface area (Å²) in [4.78, 5) is 26.0. The second-order valence-corrected chi connectivity index (χ2v) is 16.0. The minimum atomic E-state index is -2.52. The van der Waals surface area contributed by atoms with Crippen molar-refractivity contribution in [2.75, 3.05) is 10.6 Å². The summed E-state index contributed by atoms with van der Waals surface area (Å²) in [5.74, 6) is -1.23. The second kappa shape index (κ2) is 10.5. The van der Waals surface area contributed by atoms with E-state index < -0.39 is 26.1 Å².